The van der Waals surface area contributed by atoms with Crippen LogP contribution in [0.15, 0.2) is 77.7 Å². The number of amides is 1. The molecule has 0 radical (unpaired) electrons. The first kappa shape index (κ1) is 29.3. The SMILES string of the molecule is CCOc1ccc(S(=O)(=O)N2C[C@@H](Cc3ccccc3)[C@@H](n3nc(CC(=O)O)c4ccccc43)C2)c(CNC(C)=O)c1. The molecule has 0 bridgehead atoms. The zero-order chi connectivity index (χ0) is 29.9. The van der Waals surface area contributed by atoms with Crippen LogP contribution in [0.2, 0.25) is 0 Å². The van der Waals surface area contributed by atoms with E-state index in [-0.39, 0.29) is 48.8 Å². The molecule has 5 rings (SSSR count). The van der Waals surface area contributed by atoms with Crippen molar-refractivity contribution in [1.82, 2.24) is 19.4 Å². The summed E-state index contributed by atoms with van der Waals surface area (Å²) in [5, 5.41) is 17.7. The number of ether oxygens (including phenoxy) is 1. The summed E-state index contributed by atoms with van der Waals surface area (Å²) in [6.07, 6.45) is 0.381. The minimum absolute atomic E-state index is 0.0395. The lowest BCUT2D eigenvalue weighted by Gasteiger charge is -2.20. The van der Waals surface area contributed by atoms with E-state index in [1.165, 1.54) is 17.3 Å². The number of nitrogens with zero attached hydrogens (tertiary/aromatic N) is 3. The Labute approximate surface area is 245 Å². The Kier molecular flexibility index (Phi) is 8.60. The van der Waals surface area contributed by atoms with Crippen molar-refractivity contribution in [3.8, 4) is 5.75 Å². The number of hydrogen-bond donors (Lipinski definition) is 2. The third-order valence-corrected chi connectivity index (χ3v) is 9.46. The Morgan fingerprint density at radius 2 is 1.79 bits per heavy atom. The average molecular weight is 591 g/mol. The minimum Gasteiger partial charge on any atom is -0.494 e. The number of carboxylic acid groups (broad SMARTS) is 1. The van der Waals surface area contributed by atoms with Gasteiger partial charge in [-0.3, -0.25) is 14.3 Å². The molecule has 2 atom stereocenters. The van der Waals surface area contributed by atoms with Crippen LogP contribution in [0.1, 0.15) is 36.7 Å². The molecular formula is C31H34N4O6S. The molecular weight excluding hydrogens is 556 g/mol. The lowest BCUT2D eigenvalue weighted by atomic mass is 9.95. The van der Waals surface area contributed by atoms with Gasteiger partial charge in [0, 0.05) is 37.9 Å². The zero-order valence-corrected chi connectivity index (χ0v) is 24.4. The summed E-state index contributed by atoms with van der Waals surface area (Å²) in [6.45, 7) is 4.09. The van der Waals surface area contributed by atoms with Crippen molar-refractivity contribution in [2.24, 2.45) is 5.92 Å². The molecule has 2 N–H and O–H groups in total. The highest BCUT2D eigenvalue weighted by atomic mass is 32.2. The van der Waals surface area contributed by atoms with Crippen LogP contribution in [-0.2, 0) is 39.0 Å². The van der Waals surface area contributed by atoms with Gasteiger partial charge in [0.2, 0.25) is 15.9 Å². The number of carbonyl (C=O) groups excluding carboxylic acids is 1. The monoisotopic (exact) mass is 590 g/mol. The van der Waals surface area contributed by atoms with Crippen LogP contribution in [-0.4, -0.2) is 59.2 Å². The summed E-state index contributed by atoms with van der Waals surface area (Å²) < 4.78 is 37.3. The Morgan fingerprint density at radius 1 is 1.05 bits per heavy atom. The maximum atomic E-state index is 14.2. The lowest BCUT2D eigenvalue weighted by molar-refractivity contribution is -0.136. The zero-order valence-electron chi connectivity index (χ0n) is 23.6. The molecule has 42 heavy (non-hydrogen) atoms. The van der Waals surface area contributed by atoms with Gasteiger partial charge in [-0.05, 0) is 48.7 Å². The van der Waals surface area contributed by atoms with Gasteiger partial charge < -0.3 is 15.2 Å². The highest BCUT2D eigenvalue weighted by Crippen LogP contribution is 2.37. The van der Waals surface area contributed by atoms with Crippen molar-refractivity contribution < 1.29 is 27.9 Å². The molecule has 0 spiro atoms. The maximum Gasteiger partial charge on any atom is 0.309 e. The van der Waals surface area contributed by atoms with Crippen LogP contribution in [0.3, 0.4) is 0 Å². The number of nitrogens with one attached hydrogen (secondary N) is 1. The molecule has 2 heterocycles. The Balaban J connectivity index is 1.56. The molecule has 1 aromatic heterocycles. The van der Waals surface area contributed by atoms with Crippen LogP contribution >= 0.6 is 0 Å². The van der Waals surface area contributed by atoms with Gasteiger partial charge in [0.15, 0.2) is 0 Å². The highest BCUT2D eigenvalue weighted by Gasteiger charge is 2.42. The molecule has 1 fully saturated rings. The summed E-state index contributed by atoms with van der Waals surface area (Å²) >= 11 is 0. The number of carboxylic acids is 1. The van der Waals surface area contributed by atoms with E-state index in [0.29, 0.717) is 30.0 Å². The molecule has 0 aliphatic carbocycles. The van der Waals surface area contributed by atoms with Crippen molar-refractivity contribution in [3.63, 3.8) is 0 Å². The largest absolute Gasteiger partial charge is 0.494 e. The summed E-state index contributed by atoms with van der Waals surface area (Å²) in [5.41, 5.74) is 2.72. The Hall–Kier alpha value is -4.22. The summed E-state index contributed by atoms with van der Waals surface area (Å²) in [4.78, 5) is 23.4. The fourth-order valence-electron chi connectivity index (χ4n) is 5.65. The number of aliphatic carboxylic acids is 1. The number of hydrogen-bond acceptors (Lipinski definition) is 6. The molecule has 0 saturated carbocycles. The number of fused-ring (bicyclic) bond motifs is 1. The molecule has 1 aliphatic heterocycles. The molecule has 11 heteroatoms. The summed E-state index contributed by atoms with van der Waals surface area (Å²) in [5.74, 6) is -0.868. The van der Waals surface area contributed by atoms with Crippen LogP contribution in [0.4, 0.5) is 0 Å². The molecule has 3 aromatic carbocycles. The fraction of sp³-hybridized carbons (Fsp3) is 0.323. The second-order valence-electron chi connectivity index (χ2n) is 10.4. The highest BCUT2D eigenvalue weighted by molar-refractivity contribution is 7.89. The first-order chi connectivity index (χ1) is 20.2. The molecule has 0 unspecified atom stereocenters. The Morgan fingerprint density at radius 3 is 2.50 bits per heavy atom. The number of aromatic nitrogens is 2. The van der Waals surface area contributed by atoms with E-state index >= 15 is 0 Å². The van der Waals surface area contributed by atoms with Gasteiger partial charge in [0.05, 0.1) is 35.2 Å². The predicted octanol–water partition coefficient (Wildman–Crippen LogP) is 3.80. The predicted molar refractivity (Wildman–Crippen MR) is 158 cm³/mol. The van der Waals surface area contributed by atoms with Gasteiger partial charge in [-0.1, -0.05) is 48.5 Å². The molecule has 1 aliphatic rings. The second-order valence-corrected chi connectivity index (χ2v) is 12.3. The molecule has 220 valence electrons. The third-order valence-electron chi connectivity index (χ3n) is 7.53. The number of benzene rings is 3. The second kappa shape index (κ2) is 12.3. The quantitative estimate of drug-likeness (QED) is 0.272. The van der Waals surface area contributed by atoms with Crippen LogP contribution < -0.4 is 10.1 Å². The van der Waals surface area contributed by atoms with E-state index in [2.05, 4.69) is 5.32 Å². The smallest absolute Gasteiger partial charge is 0.309 e. The van der Waals surface area contributed by atoms with E-state index in [0.717, 1.165) is 16.5 Å². The molecule has 1 saturated heterocycles. The molecule has 1 amide bonds. The van der Waals surface area contributed by atoms with Crippen LogP contribution in [0, 0.1) is 5.92 Å². The summed E-state index contributed by atoms with van der Waals surface area (Å²) in [7, 11) is -3.99. The number of rotatable bonds is 11. The van der Waals surface area contributed by atoms with E-state index in [1.807, 2.05) is 66.2 Å². The first-order valence-corrected chi connectivity index (χ1v) is 15.3. The normalized spacial score (nSPS) is 17.4. The first-order valence-electron chi connectivity index (χ1n) is 13.9. The van der Waals surface area contributed by atoms with E-state index in [1.54, 1.807) is 12.1 Å². The van der Waals surface area contributed by atoms with Crippen LogP contribution in [0.5, 0.6) is 5.75 Å². The third kappa shape index (κ3) is 6.17. The number of carbonyl (C=O) groups is 2. The lowest BCUT2D eigenvalue weighted by Crippen LogP contribution is -2.31. The van der Waals surface area contributed by atoms with E-state index < -0.39 is 16.0 Å². The number of sulfonamides is 1. The topological polar surface area (TPSA) is 131 Å². The minimum atomic E-state index is -3.99. The maximum absolute atomic E-state index is 14.2. The van der Waals surface area contributed by atoms with Gasteiger partial charge in [-0.15, -0.1) is 0 Å². The molecule has 4 aromatic rings. The van der Waals surface area contributed by atoms with E-state index in [9.17, 15) is 23.1 Å². The van der Waals surface area contributed by atoms with Gasteiger partial charge in [-0.25, -0.2) is 8.42 Å². The van der Waals surface area contributed by atoms with Gasteiger partial charge >= 0.3 is 5.97 Å². The van der Waals surface area contributed by atoms with Crippen molar-refractivity contribution in [1.29, 1.82) is 0 Å². The Bertz CT molecular complexity index is 1700. The van der Waals surface area contributed by atoms with E-state index in [4.69, 9.17) is 9.84 Å². The standard InChI is InChI=1S/C31H34N4O6S/c1-3-41-25-13-14-30(23(16-25)18-32-21(2)36)42(39,40)34-19-24(15-22-9-5-4-6-10-22)29(20-34)35-28-12-8-7-11-26(28)27(33-35)17-31(37)38/h4-14,16,24,29H,3,15,17-20H2,1-2H3,(H,32,36)(H,37,38)/t24-,29+/m1/s1. The van der Waals surface area contributed by atoms with Gasteiger partial charge in [0.25, 0.3) is 0 Å². The number of para-hydroxylation sites is 1. The molecule has 10 nitrogen and oxygen atoms in total. The van der Waals surface area contributed by atoms with Crippen molar-refractivity contribution in [3.05, 3.63) is 89.6 Å². The van der Waals surface area contributed by atoms with Gasteiger partial charge in [-0.2, -0.15) is 9.40 Å². The van der Waals surface area contributed by atoms with Crippen molar-refractivity contribution >= 4 is 32.8 Å². The average Bonchev–Trinajstić information content (AvgIpc) is 3.54. The van der Waals surface area contributed by atoms with Crippen molar-refractivity contribution in [2.45, 2.75) is 44.2 Å². The van der Waals surface area contributed by atoms with Crippen LogP contribution in [0.25, 0.3) is 10.9 Å². The summed E-state index contributed by atoms with van der Waals surface area (Å²) in [6, 6.07) is 21.8. The van der Waals surface area contributed by atoms with Crippen molar-refractivity contribution in [2.75, 3.05) is 19.7 Å². The fourth-order valence-corrected chi connectivity index (χ4v) is 7.37. The van der Waals surface area contributed by atoms with Gasteiger partial charge in [0.1, 0.15) is 5.75 Å².